The van der Waals surface area contributed by atoms with Gasteiger partial charge in [0.25, 0.3) is 5.91 Å². The van der Waals surface area contributed by atoms with E-state index in [-0.39, 0.29) is 18.2 Å². The van der Waals surface area contributed by atoms with Crippen LogP contribution in [-0.2, 0) is 0 Å². The van der Waals surface area contributed by atoms with Crippen LogP contribution in [0.1, 0.15) is 38.1 Å². The summed E-state index contributed by atoms with van der Waals surface area (Å²) in [4.78, 5) is 21.1. The number of anilines is 1. The first kappa shape index (κ1) is 20.7. The van der Waals surface area contributed by atoms with E-state index in [0.717, 1.165) is 5.56 Å². The lowest BCUT2D eigenvalue weighted by atomic mass is 10.0. The van der Waals surface area contributed by atoms with E-state index in [0.29, 0.717) is 17.2 Å². The van der Waals surface area contributed by atoms with Gasteiger partial charge in [-0.1, -0.05) is 0 Å². The molecule has 154 valence electrons. The molecule has 29 heavy (non-hydrogen) atoms. The minimum atomic E-state index is -1.60. The molecule has 0 fully saturated rings. The van der Waals surface area contributed by atoms with Crippen LogP contribution in [0.2, 0.25) is 0 Å². The van der Waals surface area contributed by atoms with Gasteiger partial charge in [-0.05, 0) is 39.8 Å². The minimum Gasteiger partial charge on any atom is -0.387 e. The van der Waals surface area contributed by atoms with Crippen molar-refractivity contribution < 1.29 is 14.3 Å². The molecule has 0 aliphatic rings. The predicted octanol–water partition coefficient (Wildman–Crippen LogP) is 2.45. The van der Waals surface area contributed by atoms with Crippen molar-refractivity contribution in [2.75, 3.05) is 11.9 Å². The third-order valence-electron chi connectivity index (χ3n) is 4.34. The maximum atomic E-state index is 14.0. The van der Waals surface area contributed by atoms with Crippen LogP contribution >= 0.6 is 0 Å². The maximum absolute atomic E-state index is 14.0. The van der Waals surface area contributed by atoms with E-state index in [1.807, 2.05) is 32.0 Å². The highest BCUT2D eigenvalue weighted by Gasteiger charge is 2.27. The van der Waals surface area contributed by atoms with Crippen molar-refractivity contribution in [2.45, 2.75) is 45.5 Å². The molecule has 3 aromatic rings. The Morgan fingerprint density at radius 3 is 2.62 bits per heavy atom. The summed E-state index contributed by atoms with van der Waals surface area (Å²) in [6.07, 6.45) is 3.18. The second-order valence-corrected chi connectivity index (χ2v) is 7.69. The number of alkyl halides is 1. The first-order chi connectivity index (χ1) is 13.7. The molecular weight excluding hydrogens is 375 g/mol. The average Bonchev–Trinajstić information content (AvgIpc) is 3.10. The zero-order chi connectivity index (χ0) is 21.2. The molecule has 3 heterocycles. The van der Waals surface area contributed by atoms with Crippen LogP contribution in [0.15, 0.2) is 36.8 Å². The molecule has 1 amide bonds. The Balaban J connectivity index is 1.97. The molecular formula is C20H25FN6O2. The maximum Gasteiger partial charge on any atom is 0.256 e. The van der Waals surface area contributed by atoms with Crippen LogP contribution in [0.25, 0.3) is 16.9 Å². The zero-order valence-corrected chi connectivity index (χ0v) is 16.8. The molecule has 0 aromatic carbocycles. The summed E-state index contributed by atoms with van der Waals surface area (Å²) in [6.45, 7) is 6.27. The van der Waals surface area contributed by atoms with Gasteiger partial charge in [0.05, 0.1) is 17.8 Å². The highest BCUT2D eigenvalue weighted by atomic mass is 19.1. The average molecular weight is 400 g/mol. The topological polar surface area (TPSA) is 104 Å². The Labute approximate surface area is 168 Å². The Morgan fingerprint density at radius 1 is 1.31 bits per heavy atom. The molecule has 8 nitrogen and oxygen atoms in total. The summed E-state index contributed by atoms with van der Waals surface area (Å²) >= 11 is 0. The summed E-state index contributed by atoms with van der Waals surface area (Å²) in [6, 6.07) is 5.51. The smallest absolute Gasteiger partial charge is 0.256 e. The summed E-state index contributed by atoms with van der Waals surface area (Å²) in [5, 5.41) is 20.1. The molecule has 0 aliphatic heterocycles. The zero-order valence-electron chi connectivity index (χ0n) is 16.8. The summed E-state index contributed by atoms with van der Waals surface area (Å²) in [5.41, 5.74) is 0.818. The number of nitrogens with zero attached hydrogens (tertiary/aromatic N) is 4. The number of carbonyl (C=O) groups excluding carboxylic acids is 1. The molecule has 0 aliphatic carbocycles. The second-order valence-electron chi connectivity index (χ2n) is 7.69. The van der Waals surface area contributed by atoms with Crippen molar-refractivity contribution in [1.29, 1.82) is 0 Å². The Kier molecular flexibility index (Phi) is 5.78. The van der Waals surface area contributed by atoms with Gasteiger partial charge in [0.1, 0.15) is 17.6 Å². The van der Waals surface area contributed by atoms with E-state index in [9.17, 15) is 14.3 Å². The van der Waals surface area contributed by atoms with E-state index in [1.165, 1.54) is 20.0 Å². The van der Waals surface area contributed by atoms with Gasteiger partial charge in [-0.25, -0.2) is 9.37 Å². The van der Waals surface area contributed by atoms with Crippen LogP contribution < -0.4 is 10.6 Å². The molecule has 3 aromatic heterocycles. The fraction of sp³-hybridized carbons (Fsp3) is 0.400. The minimum absolute atomic E-state index is 0.0195. The van der Waals surface area contributed by atoms with Gasteiger partial charge in [-0.2, -0.15) is 9.61 Å². The SMILES string of the molecule is CC(C)Nc1c(C(=O)NCC(F)C(C)(C)O)cnc2cc(-c3ccncc3)nn12. The first-order valence-electron chi connectivity index (χ1n) is 9.37. The van der Waals surface area contributed by atoms with E-state index < -0.39 is 17.7 Å². The lowest BCUT2D eigenvalue weighted by Gasteiger charge is -2.22. The van der Waals surface area contributed by atoms with Crippen LogP contribution in [0, 0.1) is 0 Å². The standard InChI is InChI=1S/C20H25FN6O2/c1-12(2)25-18-14(19(28)24-11-16(21)20(3,4)29)10-23-17-9-15(26-27(17)18)13-5-7-22-8-6-13/h5-10,12,16,25,29H,11H2,1-4H3,(H,24,28). The third-order valence-corrected chi connectivity index (χ3v) is 4.34. The largest absolute Gasteiger partial charge is 0.387 e. The number of aliphatic hydroxyl groups is 1. The van der Waals surface area contributed by atoms with Crippen LogP contribution in [0.3, 0.4) is 0 Å². The van der Waals surface area contributed by atoms with Crippen LogP contribution in [-0.4, -0.2) is 55.0 Å². The molecule has 1 atom stereocenters. The van der Waals surface area contributed by atoms with Crippen molar-refractivity contribution in [2.24, 2.45) is 0 Å². The van der Waals surface area contributed by atoms with Gasteiger partial charge in [0.2, 0.25) is 0 Å². The molecule has 3 rings (SSSR count). The van der Waals surface area contributed by atoms with E-state index in [2.05, 4.69) is 25.7 Å². The molecule has 3 N–H and O–H groups in total. The Morgan fingerprint density at radius 2 is 2.00 bits per heavy atom. The predicted molar refractivity (Wildman–Crippen MR) is 109 cm³/mol. The van der Waals surface area contributed by atoms with Crippen LogP contribution in [0.4, 0.5) is 10.2 Å². The molecule has 0 radical (unpaired) electrons. The van der Waals surface area contributed by atoms with Crippen LogP contribution in [0.5, 0.6) is 0 Å². The van der Waals surface area contributed by atoms with Gasteiger partial charge in [0, 0.05) is 36.3 Å². The number of halogens is 1. The quantitative estimate of drug-likeness (QED) is 0.563. The number of fused-ring (bicyclic) bond motifs is 1. The van der Waals surface area contributed by atoms with E-state index in [1.54, 1.807) is 16.9 Å². The number of rotatable bonds is 7. The number of pyridine rings is 1. The summed E-state index contributed by atoms with van der Waals surface area (Å²) in [5.74, 6) is -0.0446. The fourth-order valence-corrected chi connectivity index (χ4v) is 2.70. The number of aromatic nitrogens is 4. The van der Waals surface area contributed by atoms with Crippen molar-refractivity contribution in [3.05, 3.63) is 42.4 Å². The monoisotopic (exact) mass is 400 g/mol. The lowest BCUT2D eigenvalue weighted by Crippen LogP contribution is -2.42. The van der Waals surface area contributed by atoms with Crippen molar-refractivity contribution in [1.82, 2.24) is 24.9 Å². The molecule has 9 heteroatoms. The highest BCUT2D eigenvalue weighted by Crippen LogP contribution is 2.23. The fourth-order valence-electron chi connectivity index (χ4n) is 2.70. The Hall–Kier alpha value is -3.07. The van der Waals surface area contributed by atoms with Gasteiger partial charge in [-0.15, -0.1) is 0 Å². The second kappa shape index (κ2) is 8.12. The van der Waals surface area contributed by atoms with Crippen molar-refractivity contribution in [3.8, 4) is 11.3 Å². The van der Waals surface area contributed by atoms with Gasteiger partial charge in [0.15, 0.2) is 5.65 Å². The first-order valence-corrected chi connectivity index (χ1v) is 9.37. The number of amides is 1. The van der Waals surface area contributed by atoms with E-state index in [4.69, 9.17) is 0 Å². The number of hydrogen-bond acceptors (Lipinski definition) is 6. The van der Waals surface area contributed by atoms with E-state index >= 15 is 0 Å². The Bertz CT molecular complexity index is 997. The normalized spacial score (nSPS) is 12.9. The third kappa shape index (κ3) is 4.68. The number of nitrogens with one attached hydrogen (secondary N) is 2. The van der Waals surface area contributed by atoms with Crippen molar-refractivity contribution in [3.63, 3.8) is 0 Å². The van der Waals surface area contributed by atoms with Gasteiger partial charge in [-0.3, -0.25) is 9.78 Å². The van der Waals surface area contributed by atoms with Gasteiger partial charge >= 0.3 is 0 Å². The summed E-state index contributed by atoms with van der Waals surface area (Å²) in [7, 11) is 0. The molecule has 0 spiro atoms. The van der Waals surface area contributed by atoms with Gasteiger partial charge < -0.3 is 15.7 Å². The molecule has 1 unspecified atom stereocenters. The number of carbonyl (C=O) groups is 1. The number of hydrogen-bond donors (Lipinski definition) is 3. The molecule has 0 saturated carbocycles. The molecule has 0 bridgehead atoms. The molecule has 0 saturated heterocycles. The van der Waals surface area contributed by atoms with Crippen molar-refractivity contribution >= 4 is 17.4 Å². The highest BCUT2D eigenvalue weighted by molar-refractivity contribution is 5.99. The lowest BCUT2D eigenvalue weighted by molar-refractivity contribution is -0.00177. The summed E-state index contributed by atoms with van der Waals surface area (Å²) < 4.78 is 15.6.